The van der Waals surface area contributed by atoms with E-state index in [4.69, 9.17) is 5.10 Å². The number of nitrogens with one attached hydrogen (secondary N) is 1. The van der Waals surface area contributed by atoms with E-state index < -0.39 is 0 Å². The summed E-state index contributed by atoms with van der Waals surface area (Å²) >= 11 is 0. The molecule has 7 aromatic rings. The van der Waals surface area contributed by atoms with E-state index >= 15 is 0 Å². The molecule has 1 heterocycles. The number of H-pyrrole nitrogens is 1. The van der Waals surface area contributed by atoms with Gasteiger partial charge in [-0.3, -0.25) is 0 Å². The third-order valence-corrected chi connectivity index (χ3v) is 6.81. The SMILES string of the molecule is C(=N/N(c1ccc2ccccc2c1)c1ccc2ccccc2c1)/c1ccc2[nH]c3ccccc3c2c1. The molecule has 6 aromatic carbocycles. The number of nitrogens with zero attached hydrogens (tertiary/aromatic N) is 2. The summed E-state index contributed by atoms with van der Waals surface area (Å²) in [6, 6.07) is 44.7. The van der Waals surface area contributed by atoms with Crippen molar-refractivity contribution in [2.45, 2.75) is 0 Å². The molecule has 0 saturated heterocycles. The average Bonchev–Trinajstić information content (AvgIpc) is 3.31. The van der Waals surface area contributed by atoms with E-state index in [1.165, 1.54) is 32.3 Å². The number of hydrogen-bond acceptors (Lipinski definition) is 2. The molecular formula is C33H23N3. The maximum absolute atomic E-state index is 5.02. The van der Waals surface area contributed by atoms with Crippen LogP contribution in [0.25, 0.3) is 43.4 Å². The molecule has 0 atom stereocenters. The number of hydrogen-bond donors (Lipinski definition) is 1. The lowest BCUT2D eigenvalue weighted by Crippen LogP contribution is -2.09. The van der Waals surface area contributed by atoms with Crippen molar-refractivity contribution < 1.29 is 0 Å². The monoisotopic (exact) mass is 461 g/mol. The molecule has 7 rings (SSSR count). The minimum absolute atomic E-state index is 1.02. The van der Waals surface area contributed by atoms with Crippen LogP contribution in [0.1, 0.15) is 5.56 Å². The fraction of sp³-hybridized carbons (Fsp3) is 0. The average molecular weight is 462 g/mol. The zero-order valence-corrected chi connectivity index (χ0v) is 19.6. The molecular weight excluding hydrogens is 438 g/mol. The van der Waals surface area contributed by atoms with Gasteiger partial charge in [0.2, 0.25) is 0 Å². The van der Waals surface area contributed by atoms with Crippen LogP contribution in [0.4, 0.5) is 11.4 Å². The van der Waals surface area contributed by atoms with Crippen LogP contribution in [0.15, 0.2) is 132 Å². The van der Waals surface area contributed by atoms with Gasteiger partial charge in [0, 0.05) is 21.8 Å². The third kappa shape index (κ3) is 3.58. The first-order valence-electron chi connectivity index (χ1n) is 12.1. The second-order valence-electron chi connectivity index (χ2n) is 9.09. The van der Waals surface area contributed by atoms with E-state index in [9.17, 15) is 0 Å². The maximum Gasteiger partial charge on any atom is 0.0659 e. The molecule has 0 bridgehead atoms. The highest BCUT2D eigenvalue weighted by atomic mass is 15.5. The van der Waals surface area contributed by atoms with Crippen molar-refractivity contribution in [3.63, 3.8) is 0 Å². The van der Waals surface area contributed by atoms with Gasteiger partial charge in [0.25, 0.3) is 0 Å². The number of hydrazone groups is 1. The number of rotatable bonds is 4. The van der Waals surface area contributed by atoms with Gasteiger partial charge in [0.1, 0.15) is 0 Å². The quantitative estimate of drug-likeness (QED) is 0.206. The Balaban J connectivity index is 1.35. The number of aromatic amines is 1. The normalized spacial score (nSPS) is 11.8. The van der Waals surface area contributed by atoms with Gasteiger partial charge in [-0.25, -0.2) is 5.01 Å². The van der Waals surface area contributed by atoms with Crippen LogP contribution in [0.3, 0.4) is 0 Å². The predicted molar refractivity (Wildman–Crippen MR) is 153 cm³/mol. The molecule has 0 aliphatic rings. The van der Waals surface area contributed by atoms with Gasteiger partial charge >= 0.3 is 0 Å². The largest absolute Gasteiger partial charge is 0.355 e. The highest BCUT2D eigenvalue weighted by molar-refractivity contribution is 6.08. The van der Waals surface area contributed by atoms with Crippen molar-refractivity contribution in [3.05, 3.63) is 133 Å². The van der Waals surface area contributed by atoms with Gasteiger partial charge in [-0.2, -0.15) is 5.10 Å². The number of para-hydroxylation sites is 1. The number of benzene rings is 6. The lowest BCUT2D eigenvalue weighted by Gasteiger charge is -2.20. The molecule has 0 unspecified atom stereocenters. The second kappa shape index (κ2) is 8.40. The van der Waals surface area contributed by atoms with Crippen LogP contribution < -0.4 is 5.01 Å². The Labute approximate surface area is 208 Å². The lowest BCUT2D eigenvalue weighted by molar-refractivity contribution is 1.10. The van der Waals surface area contributed by atoms with Crippen molar-refractivity contribution in [1.29, 1.82) is 0 Å². The Bertz CT molecular complexity index is 1830. The van der Waals surface area contributed by atoms with E-state index in [0.717, 1.165) is 28.0 Å². The summed E-state index contributed by atoms with van der Waals surface area (Å²) in [5, 5.41) is 14.3. The standard InChI is InChI=1S/C33H23N3/c1-3-9-26-20-28(16-14-24(26)7-1)36(29-17-15-25-8-2-4-10-27(25)21-29)34-22-23-13-18-33-31(19-23)30-11-5-6-12-32(30)35-33/h1-22,35H/b34-22-. The molecule has 0 fully saturated rings. The minimum atomic E-state index is 1.02. The van der Waals surface area contributed by atoms with E-state index in [0.29, 0.717) is 0 Å². The fourth-order valence-corrected chi connectivity index (χ4v) is 4.97. The zero-order chi connectivity index (χ0) is 23.9. The van der Waals surface area contributed by atoms with Crippen molar-refractivity contribution in [3.8, 4) is 0 Å². The highest BCUT2D eigenvalue weighted by Gasteiger charge is 2.11. The van der Waals surface area contributed by atoms with Crippen LogP contribution in [0, 0.1) is 0 Å². The van der Waals surface area contributed by atoms with Gasteiger partial charge < -0.3 is 4.98 Å². The summed E-state index contributed by atoms with van der Waals surface area (Å²) in [4.78, 5) is 3.50. The Kier molecular flexibility index (Phi) is 4.78. The van der Waals surface area contributed by atoms with Crippen molar-refractivity contribution >= 4 is 60.9 Å². The topological polar surface area (TPSA) is 31.4 Å². The van der Waals surface area contributed by atoms with Crippen LogP contribution in [0.2, 0.25) is 0 Å². The summed E-state index contributed by atoms with van der Waals surface area (Å²) in [6.45, 7) is 0. The zero-order valence-electron chi connectivity index (χ0n) is 19.6. The summed E-state index contributed by atoms with van der Waals surface area (Å²) in [5.41, 5.74) is 5.38. The summed E-state index contributed by atoms with van der Waals surface area (Å²) < 4.78 is 0. The van der Waals surface area contributed by atoms with Crippen LogP contribution >= 0.6 is 0 Å². The van der Waals surface area contributed by atoms with Gasteiger partial charge in [-0.05, 0) is 69.6 Å². The molecule has 170 valence electrons. The molecule has 0 radical (unpaired) electrons. The van der Waals surface area contributed by atoms with Crippen LogP contribution in [0.5, 0.6) is 0 Å². The highest BCUT2D eigenvalue weighted by Crippen LogP contribution is 2.32. The molecule has 36 heavy (non-hydrogen) atoms. The molecule has 0 saturated carbocycles. The number of anilines is 2. The van der Waals surface area contributed by atoms with Gasteiger partial charge in [0.15, 0.2) is 0 Å². The molecule has 0 aliphatic heterocycles. The van der Waals surface area contributed by atoms with Crippen molar-refractivity contribution in [2.24, 2.45) is 5.10 Å². The molecule has 0 amide bonds. The third-order valence-electron chi connectivity index (χ3n) is 6.81. The summed E-state index contributed by atoms with van der Waals surface area (Å²) in [6.07, 6.45) is 1.95. The molecule has 3 heteroatoms. The summed E-state index contributed by atoms with van der Waals surface area (Å²) in [7, 11) is 0. The molecule has 1 N–H and O–H groups in total. The van der Waals surface area contributed by atoms with E-state index in [2.05, 4.69) is 132 Å². The van der Waals surface area contributed by atoms with Crippen molar-refractivity contribution in [2.75, 3.05) is 5.01 Å². The van der Waals surface area contributed by atoms with E-state index in [1.807, 2.05) is 11.2 Å². The number of aromatic nitrogens is 1. The predicted octanol–water partition coefficient (Wildman–Crippen LogP) is 8.80. The van der Waals surface area contributed by atoms with E-state index in [1.54, 1.807) is 0 Å². The van der Waals surface area contributed by atoms with Gasteiger partial charge in [-0.15, -0.1) is 0 Å². The first kappa shape index (κ1) is 20.5. The molecule has 1 aromatic heterocycles. The molecule has 0 aliphatic carbocycles. The lowest BCUT2D eigenvalue weighted by atomic mass is 10.1. The molecule has 3 nitrogen and oxygen atoms in total. The molecule has 0 spiro atoms. The Morgan fingerprint density at radius 2 is 1.08 bits per heavy atom. The summed E-state index contributed by atoms with van der Waals surface area (Å²) in [5.74, 6) is 0. The van der Waals surface area contributed by atoms with Gasteiger partial charge in [0.05, 0.1) is 17.6 Å². The first-order valence-corrected chi connectivity index (χ1v) is 12.1. The van der Waals surface area contributed by atoms with Crippen molar-refractivity contribution in [1.82, 2.24) is 4.98 Å². The minimum Gasteiger partial charge on any atom is -0.355 e. The van der Waals surface area contributed by atoms with Crippen LogP contribution in [-0.4, -0.2) is 11.2 Å². The Morgan fingerprint density at radius 1 is 0.500 bits per heavy atom. The fourth-order valence-electron chi connectivity index (χ4n) is 4.97. The Hall–Kier alpha value is -4.89. The number of fused-ring (bicyclic) bond motifs is 5. The Morgan fingerprint density at radius 3 is 1.78 bits per heavy atom. The first-order chi connectivity index (χ1) is 17.8. The second-order valence-corrected chi connectivity index (χ2v) is 9.09. The van der Waals surface area contributed by atoms with E-state index in [-0.39, 0.29) is 0 Å². The van der Waals surface area contributed by atoms with Crippen LogP contribution in [-0.2, 0) is 0 Å². The smallest absolute Gasteiger partial charge is 0.0659 e. The maximum atomic E-state index is 5.02. The van der Waals surface area contributed by atoms with Gasteiger partial charge in [-0.1, -0.05) is 84.9 Å².